The van der Waals surface area contributed by atoms with Crippen LogP contribution >= 0.6 is 11.3 Å². The Bertz CT molecular complexity index is 1160. The van der Waals surface area contributed by atoms with Crippen LogP contribution < -0.4 is 19.5 Å². The summed E-state index contributed by atoms with van der Waals surface area (Å²) in [6.45, 7) is 8.04. The standard InChI is InChI=1S/C22H23NO3S/c1-5-26-17-11-10-14-8-6-7-9-15(14)16(17)12-18-21(25)23-20(27-18)13-19(24)22(2,3)4/h6-13H,5H2,1-4H3,(H,23,25)/b18-12-,20-13+. The highest BCUT2D eigenvalue weighted by Crippen LogP contribution is 2.28. The maximum absolute atomic E-state index is 12.4. The number of fused-ring (bicyclic) bond motifs is 1. The van der Waals surface area contributed by atoms with Crippen LogP contribution in [0, 0.1) is 5.41 Å². The SMILES string of the molecule is CCOc1ccc2ccccc2c1/C=c1\s/c(=C/C(=O)C(C)(C)C)[nH]c1=O. The Balaban J connectivity index is 2.21. The number of Topliss-reactive ketones (excluding diaryl/α,β-unsaturated/α-hetero) is 1. The zero-order valence-corrected chi connectivity index (χ0v) is 16.8. The van der Waals surface area contributed by atoms with Gasteiger partial charge in [0.2, 0.25) is 0 Å². The molecule has 0 amide bonds. The lowest BCUT2D eigenvalue weighted by Gasteiger charge is -2.12. The van der Waals surface area contributed by atoms with Gasteiger partial charge in [-0.05, 0) is 29.8 Å². The first kappa shape index (κ1) is 19.1. The molecule has 0 bridgehead atoms. The fourth-order valence-corrected chi connectivity index (χ4v) is 3.56. The average Bonchev–Trinajstić information content (AvgIpc) is 2.95. The van der Waals surface area contributed by atoms with Crippen molar-refractivity contribution in [2.24, 2.45) is 5.41 Å². The summed E-state index contributed by atoms with van der Waals surface area (Å²) in [5, 5.41) is 2.10. The minimum absolute atomic E-state index is 0.0216. The number of carbonyl (C=O) groups is 1. The van der Waals surface area contributed by atoms with Crippen LogP contribution in [0.15, 0.2) is 41.2 Å². The molecule has 3 rings (SSSR count). The molecule has 0 aliphatic rings. The zero-order valence-electron chi connectivity index (χ0n) is 16.0. The Hall–Kier alpha value is -2.66. The molecule has 4 nitrogen and oxygen atoms in total. The highest BCUT2D eigenvalue weighted by Gasteiger charge is 2.18. The summed E-state index contributed by atoms with van der Waals surface area (Å²) in [6.07, 6.45) is 3.35. The van der Waals surface area contributed by atoms with Crippen molar-refractivity contribution in [3.05, 3.63) is 61.5 Å². The zero-order chi connectivity index (χ0) is 19.6. The quantitative estimate of drug-likeness (QED) is 0.755. The number of thiazole rings is 1. The number of hydrogen-bond acceptors (Lipinski definition) is 4. The van der Waals surface area contributed by atoms with Crippen molar-refractivity contribution in [3.8, 4) is 5.75 Å². The molecular formula is C22H23NO3S. The van der Waals surface area contributed by atoms with Crippen molar-refractivity contribution < 1.29 is 9.53 Å². The number of H-pyrrole nitrogens is 1. The lowest BCUT2D eigenvalue weighted by atomic mass is 9.91. The molecule has 3 aromatic rings. The van der Waals surface area contributed by atoms with Gasteiger partial charge in [-0.1, -0.05) is 51.1 Å². The first-order valence-electron chi connectivity index (χ1n) is 8.91. The number of hydrogen-bond donors (Lipinski definition) is 1. The van der Waals surface area contributed by atoms with E-state index in [9.17, 15) is 9.59 Å². The topological polar surface area (TPSA) is 59.2 Å². The maximum Gasteiger partial charge on any atom is 0.266 e. The predicted octanol–water partition coefficient (Wildman–Crippen LogP) is 3.21. The lowest BCUT2D eigenvalue weighted by molar-refractivity contribution is -0.119. The molecule has 1 N–H and O–H groups in total. The molecule has 0 fully saturated rings. The van der Waals surface area contributed by atoms with Gasteiger partial charge < -0.3 is 9.72 Å². The van der Waals surface area contributed by atoms with Crippen molar-refractivity contribution in [2.45, 2.75) is 27.7 Å². The van der Waals surface area contributed by atoms with Crippen molar-refractivity contribution in [2.75, 3.05) is 6.61 Å². The van der Waals surface area contributed by atoms with Gasteiger partial charge >= 0.3 is 0 Å². The molecular weight excluding hydrogens is 358 g/mol. The van der Waals surface area contributed by atoms with E-state index in [4.69, 9.17) is 4.74 Å². The third kappa shape index (κ3) is 4.19. The molecule has 2 aromatic carbocycles. The number of ether oxygens (including phenoxy) is 1. The largest absolute Gasteiger partial charge is 0.493 e. The Kier molecular flexibility index (Phi) is 5.33. The number of ketones is 1. The normalized spacial score (nSPS) is 13.3. The molecule has 0 spiro atoms. The third-order valence-electron chi connectivity index (χ3n) is 4.19. The Labute approximate surface area is 161 Å². The van der Waals surface area contributed by atoms with Crippen molar-refractivity contribution >= 4 is 40.0 Å². The van der Waals surface area contributed by atoms with Gasteiger partial charge in [-0.25, -0.2) is 0 Å². The number of aromatic amines is 1. The fraction of sp³-hybridized carbons (Fsp3) is 0.273. The second-order valence-corrected chi connectivity index (χ2v) is 8.40. The van der Waals surface area contributed by atoms with Gasteiger partial charge in [0, 0.05) is 17.1 Å². The van der Waals surface area contributed by atoms with Crippen LogP contribution in [-0.4, -0.2) is 17.4 Å². The number of carbonyl (C=O) groups excluding carboxylic acids is 1. The smallest absolute Gasteiger partial charge is 0.266 e. The van der Waals surface area contributed by atoms with E-state index in [-0.39, 0.29) is 11.3 Å². The van der Waals surface area contributed by atoms with E-state index in [1.165, 1.54) is 17.4 Å². The summed E-state index contributed by atoms with van der Waals surface area (Å²) >= 11 is 1.28. The third-order valence-corrected chi connectivity index (χ3v) is 5.15. The summed E-state index contributed by atoms with van der Waals surface area (Å²) in [4.78, 5) is 27.4. The minimum atomic E-state index is -0.484. The van der Waals surface area contributed by atoms with Crippen LogP contribution in [0.5, 0.6) is 5.75 Å². The summed E-state index contributed by atoms with van der Waals surface area (Å²) in [7, 11) is 0. The van der Waals surface area contributed by atoms with E-state index in [1.807, 2.05) is 70.2 Å². The molecule has 0 aliphatic heterocycles. The Morgan fingerprint density at radius 3 is 2.63 bits per heavy atom. The van der Waals surface area contributed by atoms with Crippen molar-refractivity contribution in [1.82, 2.24) is 4.98 Å². The summed E-state index contributed by atoms with van der Waals surface area (Å²) in [5.41, 5.74) is 0.182. The second kappa shape index (κ2) is 7.53. The molecule has 27 heavy (non-hydrogen) atoms. The molecule has 0 radical (unpaired) electrons. The van der Waals surface area contributed by atoms with Gasteiger partial charge in [-0.3, -0.25) is 9.59 Å². The average molecular weight is 381 g/mol. The molecule has 0 atom stereocenters. The number of rotatable bonds is 4. The van der Waals surface area contributed by atoms with E-state index in [0.717, 1.165) is 22.1 Å². The molecule has 0 unspecified atom stereocenters. The van der Waals surface area contributed by atoms with Gasteiger partial charge in [-0.15, -0.1) is 11.3 Å². The fourth-order valence-electron chi connectivity index (χ4n) is 2.70. The minimum Gasteiger partial charge on any atom is -0.493 e. The van der Waals surface area contributed by atoms with E-state index in [1.54, 1.807) is 0 Å². The highest BCUT2D eigenvalue weighted by molar-refractivity contribution is 7.07. The van der Waals surface area contributed by atoms with E-state index >= 15 is 0 Å². The monoisotopic (exact) mass is 381 g/mol. The van der Waals surface area contributed by atoms with E-state index < -0.39 is 5.41 Å². The number of nitrogens with one attached hydrogen (secondary N) is 1. The van der Waals surface area contributed by atoms with Crippen LogP contribution in [0.2, 0.25) is 0 Å². The van der Waals surface area contributed by atoms with Gasteiger partial charge in [-0.2, -0.15) is 0 Å². The molecule has 0 aliphatic carbocycles. The maximum atomic E-state index is 12.4. The van der Waals surface area contributed by atoms with Crippen LogP contribution in [0.25, 0.3) is 22.9 Å². The van der Waals surface area contributed by atoms with E-state index in [0.29, 0.717) is 15.8 Å². The number of aromatic nitrogens is 1. The van der Waals surface area contributed by atoms with Gasteiger partial charge in [0.15, 0.2) is 5.78 Å². The van der Waals surface area contributed by atoms with Crippen LogP contribution in [0.4, 0.5) is 0 Å². The summed E-state index contributed by atoms with van der Waals surface area (Å²) < 4.78 is 6.87. The van der Waals surface area contributed by atoms with Gasteiger partial charge in [0.1, 0.15) is 5.75 Å². The molecule has 140 valence electrons. The lowest BCUT2D eigenvalue weighted by Crippen LogP contribution is -2.22. The summed E-state index contributed by atoms with van der Waals surface area (Å²) in [5.74, 6) is 0.715. The number of benzene rings is 2. The highest BCUT2D eigenvalue weighted by atomic mass is 32.1. The second-order valence-electron chi connectivity index (χ2n) is 7.32. The molecule has 0 saturated carbocycles. The molecule has 5 heteroatoms. The molecule has 1 heterocycles. The Morgan fingerprint density at radius 2 is 1.93 bits per heavy atom. The van der Waals surface area contributed by atoms with E-state index in [2.05, 4.69) is 4.98 Å². The van der Waals surface area contributed by atoms with Crippen LogP contribution in [0.3, 0.4) is 0 Å². The van der Waals surface area contributed by atoms with Gasteiger partial charge in [0.25, 0.3) is 5.56 Å². The predicted molar refractivity (Wildman–Crippen MR) is 112 cm³/mol. The molecule has 1 aromatic heterocycles. The van der Waals surface area contributed by atoms with Gasteiger partial charge in [0.05, 0.1) is 15.8 Å². The molecule has 0 saturated heterocycles. The first-order chi connectivity index (χ1) is 12.8. The van der Waals surface area contributed by atoms with Crippen LogP contribution in [0.1, 0.15) is 33.3 Å². The van der Waals surface area contributed by atoms with Crippen molar-refractivity contribution in [3.63, 3.8) is 0 Å². The Morgan fingerprint density at radius 1 is 1.19 bits per heavy atom. The van der Waals surface area contributed by atoms with Crippen LogP contribution in [-0.2, 0) is 4.79 Å². The first-order valence-corrected chi connectivity index (χ1v) is 9.73. The summed E-state index contributed by atoms with van der Waals surface area (Å²) in [6, 6.07) is 11.9. The van der Waals surface area contributed by atoms with Crippen molar-refractivity contribution in [1.29, 1.82) is 0 Å².